The Labute approximate surface area is 85.6 Å². The number of hydrogen-bond donors (Lipinski definition) is 0. The van der Waals surface area contributed by atoms with Crippen molar-refractivity contribution in [1.29, 1.82) is 0 Å². The SMILES string of the molecule is CC(C)c1nn(C)c(OC(F)F)c1Cl. The van der Waals surface area contributed by atoms with Crippen molar-refractivity contribution in [2.45, 2.75) is 26.4 Å². The van der Waals surface area contributed by atoms with Crippen molar-refractivity contribution in [2.24, 2.45) is 7.05 Å². The highest BCUT2D eigenvalue weighted by molar-refractivity contribution is 6.32. The van der Waals surface area contributed by atoms with Crippen LogP contribution in [0, 0.1) is 0 Å². The van der Waals surface area contributed by atoms with Gasteiger partial charge in [0.2, 0.25) is 5.88 Å². The Morgan fingerprint density at radius 3 is 2.36 bits per heavy atom. The maximum Gasteiger partial charge on any atom is 0.388 e. The molecule has 6 heteroatoms. The molecule has 1 aromatic rings. The summed E-state index contributed by atoms with van der Waals surface area (Å²) in [5, 5.41) is 4.14. The van der Waals surface area contributed by atoms with E-state index in [-0.39, 0.29) is 16.8 Å². The third-order valence-corrected chi connectivity index (χ3v) is 2.07. The first-order valence-electron chi connectivity index (χ1n) is 4.10. The molecule has 14 heavy (non-hydrogen) atoms. The van der Waals surface area contributed by atoms with Crippen LogP contribution in [0.5, 0.6) is 5.88 Å². The van der Waals surface area contributed by atoms with Crippen molar-refractivity contribution in [1.82, 2.24) is 9.78 Å². The summed E-state index contributed by atoms with van der Waals surface area (Å²) < 4.78 is 29.4. The van der Waals surface area contributed by atoms with Crippen LogP contribution in [0.15, 0.2) is 0 Å². The van der Waals surface area contributed by atoms with Crippen LogP contribution in [0.2, 0.25) is 5.02 Å². The molecule has 1 rings (SSSR count). The van der Waals surface area contributed by atoms with Crippen LogP contribution in [-0.4, -0.2) is 16.4 Å². The van der Waals surface area contributed by atoms with Crippen LogP contribution >= 0.6 is 11.6 Å². The Bertz CT molecular complexity index is 325. The van der Waals surface area contributed by atoms with Gasteiger partial charge in [0.1, 0.15) is 5.02 Å². The molecule has 0 aliphatic rings. The summed E-state index contributed by atoms with van der Waals surface area (Å²) in [6.07, 6.45) is 0. The van der Waals surface area contributed by atoms with Gasteiger partial charge in [0.05, 0.1) is 5.69 Å². The third-order valence-electron chi connectivity index (χ3n) is 1.71. The largest absolute Gasteiger partial charge is 0.416 e. The zero-order chi connectivity index (χ0) is 10.9. The Morgan fingerprint density at radius 2 is 2.00 bits per heavy atom. The normalized spacial score (nSPS) is 11.4. The third kappa shape index (κ3) is 2.15. The van der Waals surface area contributed by atoms with Gasteiger partial charge in [0.15, 0.2) is 0 Å². The van der Waals surface area contributed by atoms with Gasteiger partial charge in [-0.05, 0) is 5.92 Å². The van der Waals surface area contributed by atoms with Gasteiger partial charge in [0.25, 0.3) is 0 Å². The van der Waals surface area contributed by atoms with Gasteiger partial charge in [-0.15, -0.1) is 0 Å². The first-order valence-corrected chi connectivity index (χ1v) is 4.48. The second kappa shape index (κ2) is 4.13. The van der Waals surface area contributed by atoms with Crippen molar-refractivity contribution >= 4 is 11.6 Å². The summed E-state index contributed by atoms with van der Waals surface area (Å²) >= 11 is 5.83. The number of aryl methyl sites for hydroxylation is 1. The Hall–Kier alpha value is -0.840. The molecule has 3 nitrogen and oxygen atoms in total. The summed E-state index contributed by atoms with van der Waals surface area (Å²) in [5.41, 5.74) is 0.560. The average molecular weight is 225 g/mol. The second-order valence-corrected chi connectivity index (χ2v) is 3.54. The minimum atomic E-state index is -2.89. The zero-order valence-corrected chi connectivity index (χ0v) is 8.85. The molecule has 0 bridgehead atoms. The molecule has 1 aromatic heterocycles. The van der Waals surface area contributed by atoms with Crippen LogP contribution < -0.4 is 4.74 Å². The molecule has 1 heterocycles. The quantitative estimate of drug-likeness (QED) is 0.790. The molecule has 0 amide bonds. The molecular weight excluding hydrogens is 214 g/mol. The van der Waals surface area contributed by atoms with Gasteiger partial charge < -0.3 is 4.74 Å². The fourth-order valence-electron chi connectivity index (χ4n) is 1.08. The lowest BCUT2D eigenvalue weighted by Gasteiger charge is -2.03. The van der Waals surface area contributed by atoms with E-state index in [1.54, 1.807) is 0 Å². The highest BCUT2D eigenvalue weighted by Crippen LogP contribution is 2.32. The summed E-state index contributed by atoms with van der Waals surface area (Å²) in [4.78, 5) is 0. The Kier molecular flexibility index (Phi) is 3.31. The van der Waals surface area contributed by atoms with E-state index < -0.39 is 6.61 Å². The topological polar surface area (TPSA) is 27.1 Å². The molecule has 0 spiro atoms. The van der Waals surface area contributed by atoms with Gasteiger partial charge in [-0.3, -0.25) is 0 Å². The number of ether oxygens (including phenoxy) is 1. The average Bonchev–Trinajstić information content (AvgIpc) is 2.31. The van der Waals surface area contributed by atoms with Gasteiger partial charge in [-0.2, -0.15) is 13.9 Å². The van der Waals surface area contributed by atoms with Crippen molar-refractivity contribution in [3.8, 4) is 5.88 Å². The molecule has 80 valence electrons. The van der Waals surface area contributed by atoms with E-state index in [9.17, 15) is 8.78 Å². The molecule has 0 unspecified atom stereocenters. The maximum absolute atomic E-state index is 12.0. The van der Waals surface area contributed by atoms with Crippen molar-refractivity contribution in [3.05, 3.63) is 10.7 Å². The minimum Gasteiger partial charge on any atom is -0.416 e. The monoisotopic (exact) mass is 224 g/mol. The van der Waals surface area contributed by atoms with Crippen LogP contribution in [0.25, 0.3) is 0 Å². The molecule has 0 aliphatic heterocycles. The Morgan fingerprint density at radius 1 is 1.43 bits per heavy atom. The van der Waals surface area contributed by atoms with E-state index in [0.29, 0.717) is 5.69 Å². The van der Waals surface area contributed by atoms with Gasteiger partial charge >= 0.3 is 6.61 Å². The highest BCUT2D eigenvalue weighted by atomic mass is 35.5. The van der Waals surface area contributed by atoms with E-state index in [1.165, 1.54) is 11.7 Å². The first kappa shape index (κ1) is 11.2. The van der Waals surface area contributed by atoms with Crippen molar-refractivity contribution in [2.75, 3.05) is 0 Å². The van der Waals surface area contributed by atoms with E-state index in [0.717, 1.165) is 0 Å². The molecule has 0 aromatic carbocycles. The van der Waals surface area contributed by atoms with Gasteiger partial charge in [0, 0.05) is 7.05 Å². The van der Waals surface area contributed by atoms with Crippen LogP contribution in [0.4, 0.5) is 8.78 Å². The molecule has 0 radical (unpaired) electrons. The Balaban J connectivity index is 3.05. The van der Waals surface area contributed by atoms with Crippen LogP contribution in [0.1, 0.15) is 25.5 Å². The number of rotatable bonds is 3. The smallest absolute Gasteiger partial charge is 0.388 e. The molecule has 0 atom stereocenters. The van der Waals surface area contributed by atoms with Crippen LogP contribution in [-0.2, 0) is 7.05 Å². The van der Waals surface area contributed by atoms with Crippen LogP contribution in [0.3, 0.4) is 0 Å². The molecule has 0 saturated carbocycles. The summed E-state index contributed by atoms with van der Waals surface area (Å²) in [6, 6.07) is 0. The zero-order valence-electron chi connectivity index (χ0n) is 8.09. The number of aromatic nitrogens is 2. The number of hydrogen-bond acceptors (Lipinski definition) is 2. The predicted octanol–water partition coefficient (Wildman–Crippen LogP) is 2.80. The fourth-order valence-corrected chi connectivity index (χ4v) is 1.51. The summed E-state index contributed by atoms with van der Waals surface area (Å²) in [5.74, 6) is -0.0194. The van der Waals surface area contributed by atoms with E-state index in [4.69, 9.17) is 11.6 Å². The molecule has 0 fully saturated rings. The first-order chi connectivity index (χ1) is 6.43. The maximum atomic E-state index is 12.0. The predicted molar refractivity (Wildman–Crippen MR) is 48.9 cm³/mol. The van der Waals surface area contributed by atoms with Gasteiger partial charge in [-0.1, -0.05) is 25.4 Å². The highest BCUT2D eigenvalue weighted by Gasteiger charge is 2.20. The lowest BCUT2D eigenvalue weighted by atomic mass is 10.1. The van der Waals surface area contributed by atoms with Crippen molar-refractivity contribution in [3.63, 3.8) is 0 Å². The molecule has 0 saturated heterocycles. The summed E-state index contributed by atoms with van der Waals surface area (Å²) in [6.45, 7) is 0.865. The molecule has 0 aliphatic carbocycles. The minimum absolute atomic E-state index is 0.0729. The van der Waals surface area contributed by atoms with E-state index in [1.807, 2.05) is 13.8 Å². The number of halogens is 3. The fraction of sp³-hybridized carbons (Fsp3) is 0.625. The van der Waals surface area contributed by atoms with E-state index >= 15 is 0 Å². The number of alkyl halides is 2. The van der Waals surface area contributed by atoms with E-state index in [2.05, 4.69) is 9.84 Å². The van der Waals surface area contributed by atoms with Crippen molar-refractivity contribution < 1.29 is 13.5 Å². The second-order valence-electron chi connectivity index (χ2n) is 3.16. The number of nitrogens with zero attached hydrogens (tertiary/aromatic N) is 2. The molecular formula is C8H11ClF2N2O. The molecule has 0 N–H and O–H groups in total. The van der Waals surface area contributed by atoms with Gasteiger partial charge in [-0.25, -0.2) is 4.68 Å². The standard InChI is InChI=1S/C8H11ClF2N2O/c1-4(2)6-5(9)7(13(3)12-6)14-8(10)11/h4,8H,1-3H3. The lowest BCUT2D eigenvalue weighted by Crippen LogP contribution is -2.06. The lowest BCUT2D eigenvalue weighted by molar-refractivity contribution is -0.0552. The summed E-state index contributed by atoms with van der Waals surface area (Å²) in [7, 11) is 1.51.